The molecule has 1 N–H and O–H groups in total. The summed E-state index contributed by atoms with van der Waals surface area (Å²) in [4.78, 5) is 36.9. The van der Waals surface area contributed by atoms with Gasteiger partial charge in [0.25, 0.3) is 0 Å². The van der Waals surface area contributed by atoms with Crippen molar-refractivity contribution >= 4 is 41.6 Å². The van der Waals surface area contributed by atoms with Gasteiger partial charge in [-0.3, -0.25) is 4.90 Å². The monoisotopic (exact) mass is 353 g/mol. The SMILES string of the molecule is O=C(OC(=O)N1CC2(CC1C(=O)O)SCCS2)c1ccccc1. The maximum Gasteiger partial charge on any atom is 0.418 e. The molecule has 2 aliphatic heterocycles. The molecule has 8 heteroatoms. The van der Waals surface area contributed by atoms with Crippen LogP contribution in [0.4, 0.5) is 4.79 Å². The average Bonchev–Trinajstić information content (AvgIpc) is 3.16. The minimum Gasteiger partial charge on any atom is -0.480 e. The normalized spacial score (nSPS) is 22.3. The second-order valence-electron chi connectivity index (χ2n) is 5.32. The number of esters is 1. The number of hydrogen-bond donors (Lipinski definition) is 1. The number of carboxylic acid groups (broad SMARTS) is 1. The number of aliphatic carboxylic acids is 1. The van der Waals surface area contributed by atoms with Crippen molar-refractivity contribution in [1.29, 1.82) is 0 Å². The molecule has 2 aliphatic rings. The van der Waals surface area contributed by atoms with E-state index in [-0.39, 0.29) is 16.2 Å². The summed E-state index contributed by atoms with van der Waals surface area (Å²) in [7, 11) is 0. The third-order valence-corrected chi connectivity index (χ3v) is 7.24. The van der Waals surface area contributed by atoms with Gasteiger partial charge in [-0.15, -0.1) is 23.5 Å². The molecule has 1 spiro atoms. The molecule has 1 aromatic carbocycles. The summed E-state index contributed by atoms with van der Waals surface area (Å²) in [5.74, 6) is 0.0255. The lowest BCUT2D eigenvalue weighted by atomic mass is 10.2. The molecule has 0 radical (unpaired) electrons. The molecule has 1 amide bonds. The van der Waals surface area contributed by atoms with Gasteiger partial charge in [0.1, 0.15) is 6.04 Å². The van der Waals surface area contributed by atoms with Crippen molar-refractivity contribution in [1.82, 2.24) is 4.90 Å². The van der Waals surface area contributed by atoms with Crippen LogP contribution in [-0.2, 0) is 9.53 Å². The van der Waals surface area contributed by atoms with Crippen LogP contribution in [0.15, 0.2) is 30.3 Å². The van der Waals surface area contributed by atoms with E-state index in [4.69, 9.17) is 4.74 Å². The Hall–Kier alpha value is -1.67. The van der Waals surface area contributed by atoms with E-state index in [2.05, 4.69) is 0 Å². The standard InChI is InChI=1S/C15H15NO5S2/c17-12(18)11-8-15(22-6-7-23-15)9-16(11)14(20)21-13(19)10-4-2-1-3-5-10/h1-5,11H,6-9H2,(H,17,18). The first-order chi connectivity index (χ1) is 11.0. The van der Waals surface area contributed by atoms with E-state index in [9.17, 15) is 19.5 Å². The fraction of sp³-hybridized carbons (Fsp3) is 0.400. The van der Waals surface area contributed by atoms with Crippen molar-refractivity contribution < 1.29 is 24.2 Å². The first-order valence-corrected chi connectivity index (χ1v) is 9.06. The van der Waals surface area contributed by atoms with E-state index in [1.165, 1.54) is 0 Å². The number of ether oxygens (including phenoxy) is 1. The van der Waals surface area contributed by atoms with Crippen molar-refractivity contribution in [2.75, 3.05) is 18.1 Å². The lowest BCUT2D eigenvalue weighted by molar-refractivity contribution is -0.141. The maximum absolute atomic E-state index is 12.3. The molecule has 3 rings (SSSR count). The van der Waals surface area contributed by atoms with E-state index in [0.717, 1.165) is 16.4 Å². The van der Waals surface area contributed by atoms with Gasteiger partial charge in [-0.1, -0.05) is 18.2 Å². The highest BCUT2D eigenvalue weighted by Gasteiger charge is 2.52. The Morgan fingerprint density at radius 1 is 1.17 bits per heavy atom. The number of carboxylic acids is 1. The number of rotatable bonds is 2. The maximum atomic E-state index is 12.3. The molecule has 2 heterocycles. The van der Waals surface area contributed by atoms with Gasteiger partial charge in [-0.25, -0.2) is 14.4 Å². The molecule has 2 saturated heterocycles. The van der Waals surface area contributed by atoms with Gasteiger partial charge in [0.15, 0.2) is 0 Å². The zero-order chi connectivity index (χ0) is 16.4. The first kappa shape index (κ1) is 16.2. The zero-order valence-corrected chi connectivity index (χ0v) is 13.8. The largest absolute Gasteiger partial charge is 0.480 e. The van der Waals surface area contributed by atoms with E-state index >= 15 is 0 Å². The molecule has 122 valence electrons. The lowest BCUT2D eigenvalue weighted by Crippen LogP contribution is -2.41. The Balaban J connectivity index is 1.72. The molecule has 2 fully saturated rings. The molecule has 1 atom stereocenters. The molecule has 0 aliphatic carbocycles. The minimum absolute atomic E-state index is 0.256. The summed E-state index contributed by atoms with van der Waals surface area (Å²) in [6.45, 7) is 0.278. The number of thioether (sulfide) groups is 2. The quantitative estimate of drug-likeness (QED) is 0.645. The fourth-order valence-corrected chi connectivity index (χ4v) is 5.98. The molecular weight excluding hydrogens is 338 g/mol. The van der Waals surface area contributed by atoms with Crippen molar-refractivity contribution in [3.05, 3.63) is 35.9 Å². The summed E-state index contributed by atoms with van der Waals surface area (Å²) in [5.41, 5.74) is 0.256. The first-order valence-electron chi connectivity index (χ1n) is 7.09. The van der Waals surface area contributed by atoms with Crippen molar-refractivity contribution in [2.45, 2.75) is 16.5 Å². The molecule has 23 heavy (non-hydrogen) atoms. The van der Waals surface area contributed by atoms with Crippen LogP contribution in [0.2, 0.25) is 0 Å². The molecule has 1 aromatic rings. The van der Waals surface area contributed by atoms with Gasteiger partial charge in [0.2, 0.25) is 0 Å². The molecule has 0 bridgehead atoms. The third kappa shape index (κ3) is 3.32. The van der Waals surface area contributed by atoms with Crippen LogP contribution in [-0.4, -0.2) is 56.2 Å². The number of carbonyl (C=O) groups excluding carboxylic acids is 2. The van der Waals surface area contributed by atoms with E-state index < -0.39 is 24.1 Å². The van der Waals surface area contributed by atoms with Gasteiger partial charge < -0.3 is 9.84 Å². The number of amides is 1. The van der Waals surface area contributed by atoms with E-state index in [1.54, 1.807) is 53.9 Å². The second-order valence-corrected chi connectivity index (χ2v) is 8.53. The average molecular weight is 353 g/mol. The number of benzene rings is 1. The Bertz CT molecular complexity index is 630. The van der Waals surface area contributed by atoms with Crippen LogP contribution < -0.4 is 0 Å². The molecule has 0 saturated carbocycles. The van der Waals surface area contributed by atoms with Gasteiger partial charge in [-0.05, 0) is 12.1 Å². The van der Waals surface area contributed by atoms with Crippen LogP contribution >= 0.6 is 23.5 Å². The molecule has 0 aromatic heterocycles. The van der Waals surface area contributed by atoms with Crippen molar-refractivity contribution in [3.63, 3.8) is 0 Å². The second kappa shape index (κ2) is 6.45. The highest BCUT2D eigenvalue weighted by molar-refractivity contribution is 8.21. The Labute approximate surface area is 141 Å². The van der Waals surface area contributed by atoms with Crippen molar-refractivity contribution in [3.8, 4) is 0 Å². The fourth-order valence-electron chi connectivity index (χ4n) is 2.73. The van der Waals surface area contributed by atoms with Crippen LogP contribution in [0.3, 0.4) is 0 Å². The number of likely N-dealkylation sites (tertiary alicyclic amines) is 1. The van der Waals surface area contributed by atoms with Crippen LogP contribution in [0.25, 0.3) is 0 Å². The lowest BCUT2D eigenvalue weighted by Gasteiger charge is -2.21. The topological polar surface area (TPSA) is 83.9 Å². The third-order valence-electron chi connectivity index (χ3n) is 3.81. The van der Waals surface area contributed by atoms with Crippen LogP contribution in [0, 0.1) is 0 Å². The number of carbonyl (C=O) groups is 3. The molecular formula is C15H15NO5S2. The summed E-state index contributed by atoms with van der Waals surface area (Å²) in [5, 5.41) is 9.37. The minimum atomic E-state index is -1.07. The molecule has 6 nitrogen and oxygen atoms in total. The van der Waals surface area contributed by atoms with Crippen molar-refractivity contribution in [2.24, 2.45) is 0 Å². The summed E-state index contributed by atoms with van der Waals surface area (Å²) >= 11 is 3.35. The predicted molar refractivity (Wildman–Crippen MR) is 87.6 cm³/mol. The Morgan fingerprint density at radius 3 is 2.43 bits per heavy atom. The van der Waals surface area contributed by atoms with Gasteiger partial charge in [0.05, 0.1) is 9.64 Å². The highest BCUT2D eigenvalue weighted by Crippen LogP contribution is 2.51. The van der Waals surface area contributed by atoms with Gasteiger partial charge >= 0.3 is 18.0 Å². The van der Waals surface area contributed by atoms with E-state index in [0.29, 0.717) is 6.42 Å². The smallest absolute Gasteiger partial charge is 0.418 e. The van der Waals surface area contributed by atoms with Gasteiger partial charge in [-0.2, -0.15) is 0 Å². The predicted octanol–water partition coefficient (Wildman–Crippen LogP) is 2.30. The zero-order valence-electron chi connectivity index (χ0n) is 12.1. The Kier molecular flexibility index (Phi) is 4.54. The van der Waals surface area contributed by atoms with Gasteiger partial charge in [0, 0.05) is 24.5 Å². The van der Waals surface area contributed by atoms with Crippen LogP contribution in [0.5, 0.6) is 0 Å². The Morgan fingerprint density at radius 2 is 1.83 bits per heavy atom. The summed E-state index contributed by atoms with van der Waals surface area (Å²) in [6, 6.07) is 7.20. The highest BCUT2D eigenvalue weighted by atomic mass is 32.2. The molecule has 1 unspecified atom stereocenters. The summed E-state index contributed by atoms with van der Waals surface area (Å²) in [6.07, 6.45) is -0.525. The number of nitrogens with zero attached hydrogens (tertiary/aromatic N) is 1. The van der Waals surface area contributed by atoms with Crippen LogP contribution in [0.1, 0.15) is 16.8 Å². The summed E-state index contributed by atoms with van der Waals surface area (Å²) < 4.78 is 4.58. The van der Waals surface area contributed by atoms with E-state index in [1.807, 2.05) is 0 Å². The number of hydrogen-bond acceptors (Lipinski definition) is 6.